The molecule has 1 aliphatic heterocycles. The van der Waals surface area contributed by atoms with Gasteiger partial charge in [0.15, 0.2) is 5.17 Å². The van der Waals surface area contributed by atoms with Crippen LogP contribution < -0.4 is 0 Å². The molecule has 1 aliphatic rings. The smallest absolute Gasteiger partial charge is 0.270 e. The number of non-ortho nitro benzene ring substituents is 1. The Hall–Kier alpha value is -4.02. The maximum atomic E-state index is 13.0. The zero-order chi connectivity index (χ0) is 23.7. The normalized spacial score (nSPS) is 16.1. The van der Waals surface area contributed by atoms with Crippen molar-refractivity contribution in [3.63, 3.8) is 0 Å². The number of thiazole rings is 1. The summed E-state index contributed by atoms with van der Waals surface area (Å²) in [7, 11) is 0. The van der Waals surface area contributed by atoms with Crippen LogP contribution in [0.15, 0.2) is 87.6 Å². The molecule has 0 bridgehead atoms. The van der Waals surface area contributed by atoms with E-state index in [1.165, 1.54) is 35.2 Å². The van der Waals surface area contributed by atoms with Gasteiger partial charge in [-0.05, 0) is 36.0 Å². The van der Waals surface area contributed by atoms with Crippen molar-refractivity contribution in [3.05, 3.63) is 94.1 Å². The highest BCUT2D eigenvalue weighted by molar-refractivity contribution is 8.18. The summed E-state index contributed by atoms with van der Waals surface area (Å²) in [6.07, 6.45) is 3.29. The van der Waals surface area contributed by atoms with Crippen molar-refractivity contribution in [2.24, 2.45) is 4.99 Å². The van der Waals surface area contributed by atoms with Gasteiger partial charge < -0.3 is 4.42 Å². The second-order valence-corrected chi connectivity index (χ2v) is 9.20. The first-order valence-corrected chi connectivity index (χ1v) is 11.8. The molecule has 1 amide bonds. The van der Waals surface area contributed by atoms with Crippen LogP contribution in [0.1, 0.15) is 5.76 Å². The Labute approximate surface area is 202 Å². The molecule has 34 heavy (non-hydrogen) atoms. The van der Waals surface area contributed by atoms with Crippen molar-refractivity contribution in [1.29, 1.82) is 0 Å². The number of nitrogens with zero attached hydrogens (tertiary/aromatic N) is 4. The van der Waals surface area contributed by atoms with Gasteiger partial charge in [-0.15, -0.1) is 6.58 Å². The second-order valence-electron chi connectivity index (χ2n) is 7.18. The van der Waals surface area contributed by atoms with Gasteiger partial charge in [-0.2, -0.15) is 4.99 Å². The van der Waals surface area contributed by atoms with Crippen LogP contribution in [0.25, 0.3) is 27.6 Å². The number of furan rings is 1. The molecule has 0 spiro atoms. The van der Waals surface area contributed by atoms with E-state index < -0.39 is 4.92 Å². The molecule has 2 aromatic heterocycles. The largest absolute Gasteiger partial charge is 0.457 e. The fraction of sp³-hybridized carbons (Fsp3) is 0.0417. The highest BCUT2D eigenvalue weighted by atomic mass is 32.2. The van der Waals surface area contributed by atoms with Crippen molar-refractivity contribution in [1.82, 2.24) is 9.88 Å². The lowest BCUT2D eigenvalue weighted by Crippen LogP contribution is -2.29. The summed E-state index contributed by atoms with van der Waals surface area (Å²) in [5.74, 6) is 0.715. The maximum Gasteiger partial charge on any atom is 0.270 e. The van der Waals surface area contributed by atoms with Gasteiger partial charge in [0.1, 0.15) is 11.5 Å². The molecule has 168 valence electrons. The van der Waals surface area contributed by atoms with E-state index in [4.69, 9.17) is 4.42 Å². The number of rotatable bonds is 6. The molecule has 10 heteroatoms. The molecule has 0 N–H and O–H groups in total. The molecule has 0 atom stereocenters. The van der Waals surface area contributed by atoms with Crippen LogP contribution in [0.3, 0.4) is 0 Å². The lowest BCUT2D eigenvalue weighted by molar-refractivity contribution is -0.384. The van der Waals surface area contributed by atoms with E-state index in [0.29, 0.717) is 38.8 Å². The Morgan fingerprint density at radius 2 is 2.03 bits per heavy atom. The number of carbonyl (C=O) groups is 1. The van der Waals surface area contributed by atoms with Crippen molar-refractivity contribution >= 4 is 61.3 Å². The number of nitro benzene ring substituents is 1. The standard InChI is InChI=1S/C24H16N4O4S2/c1-2-12-27-22(29)21(34-24(27)26-23-25-18-8-3-4-9-20(18)33-23)14-17-10-11-19(32-17)15-6-5-7-16(13-15)28(30)31/h2-11,13-14H,1,12H2/b21-14-,26-24+. The van der Waals surface area contributed by atoms with Gasteiger partial charge in [-0.1, -0.05) is 41.7 Å². The van der Waals surface area contributed by atoms with Crippen LogP contribution in [0.4, 0.5) is 10.8 Å². The molecule has 0 saturated carbocycles. The van der Waals surface area contributed by atoms with E-state index in [1.807, 2.05) is 24.3 Å². The number of amidine groups is 1. The first-order valence-electron chi connectivity index (χ1n) is 10.1. The summed E-state index contributed by atoms with van der Waals surface area (Å²) >= 11 is 2.69. The average Bonchev–Trinajstić information content (AvgIpc) is 3.54. The third kappa shape index (κ3) is 4.28. The minimum atomic E-state index is -0.455. The molecule has 3 heterocycles. The fourth-order valence-corrected chi connectivity index (χ4v) is 5.22. The summed E-state index contributed by atoms with van der Waals surface area (Å²) < 4.78 is 6.87. The number of fused-ring (bicyclic) bond motifs is 1. The zero-order valence-corrected chi connectivity index (χ0v) is 19.2. The molecular formula is C24H16N4O4S2. The summed E-state index contributed by atoms with van der Waals surface area (Å²) in [5, 5.41) is 12.1. The van der Waals surface area contributed by atoms with Gasteiger partial charge in [-0.25, -0.2) is 4.98 Å². The van der Waals surface area contributed by atoms with Crippen LogP contribution in [0, 0.1) is 10.1 Å². The van der Waals surface area contributed by atoms with Crippen LogP contribution in [-0.4, -0.2) is 32.4 Å². The number of nitro groups is 1. The third-order valence-electron chi connectivity index (χ3n) is 4.92. The summed E-state index contributed by atoms with van der Waals surface area (Å²) in [5.41, 5.74) is 1.41. The highest BCUT2D eigenvalue weighted by Gasteiger charge is 2.33. The van der Waals surface area contributed by atoms with Gasteiger partial charge >= 0.3 is 0 Å². The molecule has 0 aliphatic carbocycles. The molecule has 5 rings (SSSR count). The molecule has 8 nitrogen and oxygen atoms in total. The Balaban J connectivity index is 1.44. The average molecular weight is 489 g/mol. The highest BCUT2D eigenvalue weighted by Crippen LogP contribution is 2.37. The van der Waals surface area contributed by atoms with Crippen molar-refractivity contribution in [2.45, 2.75) is 0 Å². The number of hydrogen-bond donors (Lipinski definition) is 0. The Bertz CT molecular complexity index is 1470. The van der Waals surface area contributed by atoms with Crippen molar-refractivity contribution in [3.8, 4) is 11.3 Å². The number of amides is 1. The molecule has 1 saturated heterocycles. The van der Waals surface area contributed by atoms with E-state index in [1.54, 1.807) is 41.3 Å². The van der Waals surface area contributed by atoms with Gasteiger partial charge in [0, 0.05) is 30.3 Å². The number of para-hydroxylation sites is 1. The number of aromatic nitrogens is 1. The third-order valence-corrected chi connectivity index (χ3v) is 6.85. The number of benzene rings is 2. The predicted octanol–water partition coefficient (Wildman–Crippen LogP) is 6.25. The van der Waals surface area contributed by atoms with Crippen molar-refractivity contribution in [2.75, 3.05) is 6.54 Å². The van der Waals surface area contributed by atoms with E-state index in [2.05, 4.69) is 16.6 Å². The van der Waals surface area contributed by atoms with Crippen LogP contribution in [0.5, 0.6) is 0 Å². The van der Waals surface area contributed by atoms with Crippen LogP contribution >= 0.6 is 23.1 Å². The first kappa shape index (κ1) is 21.8. The molecule has 1 fully saturated rings. The SMILES string of the molecule is C=CCN1C(=O)/C(=C/c2ccc(-c3cccc([N+](=O)[O-])c3)o2)S/C1=N/c1nc2ccccc2s1. The Morgan fingerprint density at radius 1 is 1.18 bits per heavy atom. The topological polar surface area (TPSA) is 102 Å². The molecule has 4 aromatic rings. The minimum Gasteiger partial charge on any atom is -0.457 e. The molecule has 2 aromatic carbocycles. The number of thioether (sulfide) groups is 1. The number of aliphatic imine (C=N–C) groups is 1. The summed E-state index contributed by atoms with van der Waals surface area (Å²) in [4.78, 5) is 34.8. The quantitative estimate of drug-likeness (QED) is 0.137. The Morgan fingerprint density at radius 3 is 2.82 bits per heavy atom. The van der Waals surface area contributed by atoms with Crippen LogP contribution in [0.2, 0.25) is 0 Å². The maximum absolute atomic E-state index is 13.0. The van der Waals surface area contributed by atoms with Gasteiger partial charge in [-0.3, -0.25) is 19.8 Å². The molecule has 0 radical (unpaired) electrons. The number of hydrogen-bond acceptors (Lipinski definition) is 8. The fourth-order valence-electron chi connectivity index (χ4n) is 3.36. The van der Waals surface area contributed by atoms with E-state index >= 15 is 0 Å². The number of carbonyl (C=O) groups excluding carboxylic acids is 1. The van der Waals surface area contributed by atoms with Crippen LogP contribution in [-0.2, 0) is 4.79 Å². The van der Waals surface area contributed by atoms with Gasteiger partial charge in [0.25, 0.3) is 11.6 Å². The lowest BCUT2D eigenvalue weighted by atomic mass is 10.1. The second kappa shape index (κ2) is 9.08. The van der Waals surface area contributed by atoms with E-state index in [-0.39, 0.29) is 11.6 Å². The summed E-state index contributed by atoms with van der Waals surface area (Å²) in [6.45, 7) is 4.05. The lowest BCUT2D eigenvalue weighted by Gasteiger charge is -2.11. The van der Waals surface area contributed by atoms with Gasteiger partial charge in [0.2, 0.25) is 5.13 Å². The van der Waals surface area contributed by atoms with Gasteiger partial charge in [0.05, 0.1) is 20.0 Å². The molecule has 0 unspecified atom stereocenters. The Kier molecular flexibility index (Phi) is 5.83. The molecular weight excluding hydrogens is 472 g/mol. The summed E-state index contributed by atoms with van der Waals surface area (Å²) in [6, 6.07) is 17.4. The zero-order valence-electron chi connectivity index (χ0n) is 17.6. The first-order chi connectivity index (χ1) is 16.5. The van der Waals surface area contributed by atoms with E-state index in [9.17, 15) is 14.9 Å². The predicted molar refractivity (Wildman–Crippen MR) is 135 cm³/mol. The van der Waals surface area contributed by atoms with Crippen molar-refractivity contribution < 1.29 is 14.1 Å². The minimum absolute atomic E-state index is 0.0221. The van der Waals surface area contributed by atoms with E-state index in [0.717, 1.165) is 10.2 Å². The monoisotopic (exact) mass is 488 g/mol.